The van der Waals surface area contributed by atoms with E-state index >= 15 is 0 Å². The summed E-state index contributed by atoms with van der Waals surface area (Å²) in [5, 5.41) is 13.5. The van der Waals surface area contributed by atoms with Crippen LogP contribution in [-0.4, -0.2) is 34.7 Å². The highest BCUT2D eigenvalue weighted by atomic mass is 16.6. The molecule has 1 aliphatic rings. The Bertz CT molecular complexity index is 600. The van der Waals surface area contributed by atoms with Gasteiger partial charge in [-0.15, -0.1) is 0 Å². The van der Waals surface area contributed by atoms with Crippen LogP contribution in [0.25, 0.3) is 0 Å². The third-order valence-corrected chi connectivity index (χ3v) is 3.70. The smallest absolute Gasteiger partial charge is 0.274 e. The van der Waals surface area contributed by atoms with Gasteiger partial charge in [0.2, 0.25) is 11.8 Å². The lowest BCUT2D eigenvalue weighted by atomic mass is 10.2. The minimum atomic E-state index is -0.483. The molecule has 1 aliphatic heterocycles. The summed E-state index contributed by atoms with van der Waals surface area (Å²) in [6, 6.07) is 4.53. The first kappa shape index (κ1) is 15.9. The monoisotopic (exact) mass is 305 g/mol. The molecule has 7 nitrogen and oxygen atoms in total. The first-order valence-corrected chi connectivity index (χ1v) is 7.30. The van der Waals surface area contributed by atoms with Crippen LogP contribution in [0.15, 0.2) is 18.2 Å². The number of benzene rings is 1. The molecular formula is C15H19N3O4. The Kier molecular flexibility index (Phi) is 5.08. The molecule has 1 saturated heterocycles. The van der Waals surface area contributed by atoms with Crippen LogP contribution in [0.2, 0.25) is 0 Å². The Morgan fingerprint density at radius 1 is 1.36 bits per heavy atom. The number of likely N-dealkylation sites (tertiary alicyclic amines) is 1. The quantitative estimate of drug-likeness (QED) is 0.682. The van der Waals surface area contributed by atoms with Gasteiger partial charge < -0.3 is 10.2 Å². The SMILES string of the molecule is Cc1ccc(NC(=O)CN2CCCCCC2=O)cc1[N+](=O)[O-]. The number of carbonyl (C=O) groups excluding carboxylic acids is 2. The van der Waals surface area contributed by atoms with Gasteiger partial charge in [0, 0.05) is 30.3 Å². The first-order chi connectivity index (χ1) is 10.5. The van der Waals surface area contributed by atoms with E-state index in [9.17, 15) is 19.7 Å². The Morgan fingerprint density at radius 3 is 2.86 bits per heavy atom. The van der Waals surface area contributed by atoms with Crippen LogP contribution in [0.5, 0.6) is 0 Å². The highest BCUT2D eigenvalue weighted by Gasteiger charge is 2.19. The zero-order valence-corrected chi connectivity index (χ0v) is 12.5. The predicted molar refractivity (Wildman–Crippen MR) is 81.5 cm³/mol. The number of rotatable bonds is 4. The standard InChI is InChI=1S/C15H19N3O4/c1-11-6-7-12(9-13(11)18(21)22)16-14(19)10-17-8-4-2-3-5-15(17)20/h6-7,9H,2-5,8,10H2,1H3,(H,16,19). The third kappa shape index (κ3) is 4.03. The maximum absolute atomic E-state index is 12.0. The molecule has 1 aromatic rings. The number of hydrogen-bond donors (Lipinski definition) is 1. The van der Waals surface area contributed by atoms with Gasteiger partial charge in [0.05, 0.1) is 11.5 Å². The highest BCUT2D eigenvalue weighted by molar-refractivity contribution is 5.94. The largest absolute Gasteiger partial charge is 0.333 e. The number of nitro groups is 1. The second kappa shape index (κ2) is 7.02. The number of nitro benzene ring substituents is 1. The summed E-state index contributed by atoms with van der Waals surface area (Å²) in [7, 11) is 0. The zero-order chi connectivity index (χ0) is 16.1. The lowest BCUT2D eigenvalue weighted by molar-refractivity contribution is -0.385. The van der Waals surface area contributed by atoms with Crippen LogP contribution >= 0.6 is 0 Å². The van der Waals surface area contributed by atoms with Crippen molar-refractivity contribution in [2.45, 2.75) is 32.6 Å². The molecule has 118 valence electrons. The number of nitrogens with zero attached hydrogens (tertiary/aromatic N) is 2. The Balaban J connectivity index is 2.01. The average Bonchev–Trinajstić information content (AvgIpc) is 2.66. The maximum atomic E-state index is 12.0. The van der Waals surface area contributed by atoms with E-state index in [2.05, 4.69) is 5.32 Å². The van der Waals surface area contributed by atoms with Gasteiger partial charge in [-0.05, 0) is 25.8 Å². The molecule has 0 radical (unpaired) electrons. The van der Waals surface area contributed by atoms with Gasteiger partial charge in [-0.1, -0.05) is 12.5 Å². The maximum Gasteiger partial charge on any atom is 0.274 e. The number of hydrogen-bond acceptors (Lipinski definition) is 4. The van der Waals surface area contributed by atoms with Gasteiger partial charge >= 0.3 is 0 Å². The van der Waals surface area contributed by atoms with Crippen LogP contribution in [0.1, 0.15) is 31.2 Å². The van der Waals surface area contributed by atoms with E-state index in [0.29, 0.717) is 24.2 Å². The molecule has 7 heteroatoms. The molecule has 0 atom stereocenters. The summed E-state index contributed by atoms with van der Waals surface area (Å²) in [4.78, 5) is 35.8. The molecule has 1 heterocycles. The molecule has 0 unspecified atom stereocenters. The van der Waals surface area contributed by atoms with Gasteiger partial charge in [-0.3, -0.25) is 19.7 Å². The number of amides is 2. The fourth-order valence-electron chi connectivity index (χ4n) is 2.46. The lowest BCUT2D eigenvalue weighted by Crippen LogP contribution is -2.37. The highest BCUT2D eigenvalue weighted by Crippen LogP contribution is 2.22. The number of anilines is 1. The molecule has 22 heavy (non-hydrogen) atoms. The summed E-state index contributed by atoms with van der Waals surface area (Å²) in [5.41, 5.74) is 0.860. The molecular weight excluding hydrogens is 286 g/mol. The van der Waals surface area contributed by atoms with Crippen LogP contribution in [0.3, 0.4) is 0 Å². The second-order valence-corrected chi connectivity index (χ2v) is 5.43. The Labute approximate surface area is 128 Å². The topological polar surface area (TPSA) is 92.6 Å². The van der Waals surface area contributed by atoms with E-state index in [1.54, 1.807) is 24.0 Å². The lowest BCUT2D eigenvalue weighted by Gasteiger charge is -2.19. The molecule has 2 rings (SSSR count). The number of nitrogens with one attached hydrogen (secondary N) is 1. The number of aryl methyl sites for hydroxylation is 1. The summed E-state index contributed by atoms with van der Waals surface area (Å²) in [6.07, 6.45) is 3.23. The van der Waals surface area contributed by atoms with E-state index in [0.717, 1.165) is 19.3 Å². The van der Waals surface area contributed by atoms with Crippen molar-refractivity contribution in [1.82, 2.24) is 4.90 Å². The van der Waals surface area contributed by atoms with E-state index in [1.807, 2.05) is 0 Å². The zero-order valence-electron chi connectivity index (χ0n) is 12.5. The van der Waals surface area contributed by atoms with Crippen molar-refractivity contribution in [3.63, 3.8) is 0 Å². The molecule has 0 aromatic heterocycles. The molecule has 0 spiro atoms. The van der Waals surface area contributed by atoms with E-state index in [4.69, 9.17) is 0 Å². The Morgan fingerprint density at radius 2 is 2.14 bits per heavy atom. The first-order valence-electron chi connectivity index (χ1n) is 7.30. The van der Waals surface area contributed by atoms with Gasteiger partial charge in [-0.2, -0.15) is 0 Å². The molecule has 0 aliphatic carbocycles. The fraction of sp³-hybridized carbons (Fsp3) is 0.467. The molecule has 1 N–H and O–H groups in total. The van der Waals surface area contributed by atoms with Crippen molar-refractivity contribution in [2.24, 2.45) is 0 Å². The minimum absolute atomic E-state index is 0.0115. The fourth-order valence-corrected chi connectivity index (χ4v) is 2.46. The number of carbonyl (C=O) groups is 2. The predicted octanol–water partition coefficient (Wildman–Crippen LogP) is 2.24. The van der Waals surface area contributed by atoms with Crippen LogP contribution < -0.4 is 5.32 Å². The van der Waals surface area contributed by atoms with Crippen molar-refractivity contribution in [1.29, 1.82) is 0 Å². The van der Waals surface area contributed by atoms with Gasteiger partial charge in [0.15, 0.2) is 0 Å². The van der Waals surface area contributed by atoms with Crippen molar-refractivity contribution in [2.75, 3.05) is 18.4 Å². The second-order valence-electron chi connectivity index (χ2n) is 5.43. The molecule has 1 fully saturated rings. The minimum Gasteiger partial charge on any atom is -0.333 e. The summed E-state index contributed by atoms with van der Waals surface area (Å²) < 4.78 is 0. The van der Waals surface area contributed by atoms with Gasteiger partial charge in [0.25, 0.3) is 5.69 Å². The van der Waals surface area contributed by atoms with Gasteiger partial charge in [0.1, 0.15) is 0 Å². The van der Waals surface area contributed by atoms with E-state index < -0.39 is 4.92 Å². The van der Waals surface area contributed by atoms with Crippen molar-refractivity contribution in [3.05, 3.63) is 33.9 Å². The normalized spacial score (nSPS) is 15.3. The summed E-state index contributed by atoms with van der Waals surface area (Å²) in [6.45, 7) is 2.21. The van der Waals surface area contributed by atoms with Crippen LogP contribution in [0.4, 0.5) is 11.4 Å². The average molecular weight is 305 g/mol. The Hall–Kier alpha value is -2.44. The van der Waals surface area contributed by atoms with Crippen molar-refractivity contribution in [3.8, 4) is 0 Å². The molecule has 0 bridgehead atoms. The van der Waals surface area contributed by atoms with E-state index in [-0.39, 0.29) is 24.0 Å². The van der Waals surface area contributed by atoms with Crippen LogP contribution in [-0.2, 0) is 9.59 Å². The van der Waals surface area contributed by atoms with Crippen molar-refractivity contribution < 1.29 is 14.5 Å². The summed E-state index contributed by atoms with van der Waals surface area (Å²) >= 11 is 0. The summed E-state index contributed by atoms with van der Waals surface area (Å²) in [5.74, 6) is -0.351. The van der Waals surface area contributed by atoms with E-state index in [1.165, 1.54) is 6.07 Å². The third-order valence-electron chi connectivity index (χ3n) is 3.70. The van der Waals surface area contributed by atoms with Crippen molar-refractivity contribution >= 4 is 23.2 Å². The molecule has 2 amide bonds. The molecule has 0 saturated carbocycles. The van der Waals surface area contributed by atoms with Crippen LogP contribution in [0, 0.1) is 17.0 Å². The molecule has 1 aromatic carbocycles. The van der Waals surface area contributed by atoms with Gasteiger partial charge in [-0.25, -0.2) is 0 Å².